The fourth-order valence-electron chi connectivity index (χ4n) is 1.50. The van der Waals surface area contributed by atoms with E-state index in [1.165, 1.54) is 6.07 Å². The van der Waals surface area contributed by atoms with Gasteiger partial charge in [-0.25, -0.2) is 4.79 Å². The van der Waals surface area contributed by atoms with Crippen LogP contribution in [0.5, 0.6) is 0 Å². The maximum Gasteiger partial charge on any atom is 0.358 e. The molecule has 0 aromatic carbocycles. The fourth-order valence-corrected chi connectivity index (χ4v) is 1.50. The molecule has 1 aliphatic carbocycles. The van der Waals surface area contributed by atoms with Gasteiger partial charge in [-0.1, -0.05) is 5.16 Å². The largest absolute Gasteiger partial charge is 0.476 e. The molecule has 0 saturated heterocycles. The Morgan fingerprint density at radius 3 is 2.93 bits per heavy atom. The molecule has 0 radical (unpaired) electrons. The number of nitrogens with zero attached hydrogens (tertiary/aromatic N) is 1. The third-order valence-corrected chi connectivity index (χ3v) is 2.46. The van der Waals surface area contributed by atoms with Crippen molar-refractivity contribution in [2.24, 2.45) is 0 Å². The zero-order valence-corrected chi connectivity index (χ0v) is 8.01. The average Bonchev–Trinajstić information content (AvgIpc) is 2.59. The Kier molecular flexibility index (Phi) is 2.70. The van der Waals surface area contributed by atoms with Gasteiger partial charge in [0.1, 0.15) is 0 Å². The van der Waals surface area contributed by atoms with Crippen LogP contribution in [0.1, 0.15) is 29.1 Å². The maximum atomic E-state index is 10.5. The van der Waals surface area contributed by atoms with Crippen molar-refractivity contribution in [1.82, 2.24) is 10.5 Å². The Hall–Kier alpha value is -1.40. The van der Waals surface area contributed by atoms with E-state index in [2.05, 4.69) is 10.5 Å². The van der Waals surface area contributed by atoms with Crippen LogP contribution in [0, 0.1) is 0 Å². The highest BCUT2D eigenvalue weighted by Crippen LogP contribution is 2.19. The minimum absolute atomic E-state index is 0.0829. The number of aliphatic hydroxyl groups excluding tert-OH is 1. The van der Waals surface area contributed by atoms with Gasteiger partial charge in [0, 0.05) is 12.1 Å². The van der Waals surface area contributed by atoms with Crippen molar-refractivity contribution in [2.75, 3.05) is 0 Å². The highest BCUT2D eigenvalue weighted by molar-refractivity contribution is 5.85. The zero-order valence-electron chi connectivity index (χ0n) is 8.01. The van der Waals surface area contributed by atoms with Crippen LogP contribution in [-0.4, -0.2) is 33.5 Å². The normalized spacial score (nSPS) is 24.9. The van der Waals surface area contributed by atoms with Gasteiger partial charge in [-0.3, -0.25) is 0 Å². The van der Waals surface area contributed by atoms with E-state index in [0.29, 0.717) is 18.3 Å². The molecule has 0 amide bonds. The molecule has 0 spiro atoms. The zero-order chi connectivity index (χ0) is 10.8. The number of aromatic carboxylic acids is 1. The van der Waals surface area contributed by atoms with Crippen molar-refractivity contribution in [3.05, 3.63) is 17.5 Å². The molecule has 0 atom stereocenters. The molecule has 0 aliphatic heterocycles. The molecular formula is C9H12N2O4. The number of carboxylic acid groups (broad SMARTS) is 1. The smallest absolute Gasteiger partial charge is 0.358 e. The van der Waals surface area contributed by atoms with Crippen LogP contribution in [0.15, 0.2) is 10.6 Å². The van der Waals surface area contributed by atoms with E-state index in [4.69, 9.17) is 14.7 Å². The van der Waals surface area contributed by atoms with E-state index in [1.54, 1.807) is 0 Å². The molecule has 0 unspecified atom stereocenters. The number of carboxylic acids is 1. The summed E-state index contributed by atoms with van der Waals surface area (Å²) in [6.07, 6.45) is 1.27. The van der Waals surface area contributed by atoms with Crippen LogP contribution < -0.4 is 5.32 Å². The predicted octanol–water partition coefficient (Wildman–Crippen LogP) is -0.0143. The summed E-state index contributed by atoms with van der Waals surface area (Å²) in [7, 11) is 0. The van der Waals surface area contributed by atoms with Gasteiger partial charge in [0.25, 0.3) is 0 Å². The summed E-state index contributed by atoms with van der Waals surface area (Å²) < 4.78 is 4.82. The number of rotatable bonds is 4. The van der Waals surface area contributed by atoms with Crippen LogP contribution in [0.2, 0.25) is 0 Å². The molecule has 2 rings (SSSR count). The van der Waals surface area contributed by atoms with Crippen molar-refractivity contribution < 1.29 is 19.5 Å². The quantitative estimate of drug-likeness (QED) is 0.649. The second-order valence-corrected chi connectivity index (χ2v) is 3.69. The first-order valence-electron chi connectivity index (χ1n) is 4.75. The highest BCUT2D eigenvalue weighted by Gasteiger charge is 2.26. The molecule has 1 aromatic rings. The monoisotopic (exact) mass is 212 g/mol. The number of aliphatic hydroxyl groups is 1. The van der Waals surface area contributed by atoms with E-state index in [1.807, 2.05) is 0 Å². The number of hydrogen-bond donors (Lipinski definition) is 3. The Morgan fingerprint density at radius 1 is 1.67 bits per heavy atom. The molecule has 3 N–H and O–H groups in total. The van der Waals surface area contributed by atoms with Gasteiger partial charge in [-0.2, -0.15) is 0 Å². The molecular weight excluding hydrogens is 200 g/mol. The molecule has 15 heavy (non-hydrogen) atoms. The van der Waals surface area contributed by atoms with Crippen LogP contribution >= 0.6 is 0 Å². The molecule has 6 nitrogen and oxygen atoms in total. The minimum Gasteiger partial charge on any atom is -0.476 e. The van der Waals surface area contributed by atoms with E-state index in [0.717, 1.165) is 12.8 Å². The lowest BCUT2D eigenvalue weighted by Gasteiger charge is -2.31. The van der Waals surface area contributed by atoms with Gasteiger partial charge in [0.2, 0.25) is 0 Å². The summed E-state index contributed by atoms with van der Waals surface area (Å²) in [5, 5.41) is 24.2. The van der Waals surface area contributed by atoms with Gasteiger partial charge < -0.3 is 20.1 Å². The first-order valence-corrected chi connectivity index (χ1v) is 4.75. The van der Waals surface area contributed by atoms with Crippen molar-refractivity contribution >= 4 is 5.97 Å². The Morgan fingerprint density at radius 2 is 2.40 bits per heavy atom. The van der Waals surface area contributed by atoms with E-state index in [9.17, 15) is 4.79 Å². The second-order valence-electron chi connectivity index (χ2n) is 3.69. The number of carbonyl (C=O) groups is 1. The molecule has 1 aliphatic rings. The van der Waals surface area contributed by atoms with Crippen molar-refractivity contribution in [3.63, 3.8) is 0 Å². The summed E-state index contributed by atoms with van der Waals surface area (Å²) in [6, 6.07) is 1.68. The SMILES string of the molecule is O=C(O)c1cc(CNC2CC(O)C2)on1. The Labute approximate surface area is 85.9 Å². The van der Waals surface area contributed by atoms with Crippen LogP contribution in [0.3, 0.4) is 0 Å². The van der Waals surface area contributed by atoms with Gasteiger partial charge in [-0.05, 0) is 12.8 Å². The van der Waals surface area contributed by atoms with Crippen LogP contribution in [0.25, 0.3) is 0 Å². The lowest BCUT2D eigenvalue weighted by molar-refractivity contribution is 0.0608. The first kappa shape index (κ1) is 10.1. The second kappa shape index (κ2) is 4.00. The summed E-state index contributed by atoms with van der Waals surface area (Å²) in [5.41, 5.74) is -0.0829. The van der Waals surface area contributed by atoms with Gasteiger partial charge in [-0.15, -0.1) is 0 Å². The summed E-state index contributed by atoms with van der Waals surface area (Å²) in [6.45, 7) is 0.442. The molecule has 82 valence electrons. The van der Waals surface area contributed by atoms with Crippen molar-refractivity contribution in [3.8, 4) is 0 Å². The third-order valence-electron chi connectivity index (χ3n) is 2.46. The number of hydrogen-bond acceptors (Lipinski definition) is 5. The first-order chi connectivity index (χ1) is 7.15. The highest BCUT2D eigenvalue weighted by atomic mass is 16.5. The van der Waals surface area contributed by atoms with Crippen molar-refractivity contribution in [1.29, 1.82) is 0 Å². The minimum atomic E-state index is -1.09. The predicted molar refractivity (Wildman–Crippen MR) is 49.3 cm³/mol. The molecule has 1 heterocycles. The Bertz CT molecular complexity index is 357. The number of aromatic nitrogens is 1. The van der Waals surface area contributed by atoms with Gasteiger partial charge in [0.05, 0.1) is 12.6 Å². The molecule has 0 bridgehead atoms. The lowest BCUT2D eigenvalue weighted by Crippen LogP contribution is -2.43. The summed E-state index contributed by atoms with van der Waals surface area (Å²) >= 11 is 0. The standard InChI is InChI=1S/C9H12N2O4/c12-6-1-5(2-6)10-4-7-3-8(9(13)14)11-15-7/h3,5-6,10,12H,1-2,4H2,(H,13,14). The van der Waals surface area contributed by atoms with Crippen LogP contribution in [-0.2, 0) is 6.54 Å². The summed E-state index contributed by atoms with van der Waals surface area (Å²) in [5.74, 6) is -0.599. The van der Waals surface area contributed by atoms with Gasteiger partial charge in [0.15, 0.2) is 11.5 Å². The lowest BCUT2D eigenvalue weighted by atomic mass is 9.89. The maximum absolute atomic E-state index is 10.5. The molecule has 1 fully saturated rings. The van der Waals surface area contributed by atoms with E-state index < -0.39 is 5.97 Å². The summed E-state index contributed by atoms with van der Waals surface area (Å²) in [4.78, 5) is 10.5. The number of nitrogens with one attached hydrogen (secondary N) is 1. The fraction of sp³-hybridized carbons (Fsp3) is 0.556. The molecule has 1 aromatic heterocycles. The van der Waals surface area contributed by atoms with Crippen molar-refractivity contribution in [2.45, 2.75) is 31.5 Å². The molecule has 1 saturated carbocycles. The van der Waals surface area contributed by atoms with E-state index >= 15 is 0 Å². The topological polar surface area (TPSA) is 95.6 Å². The Balaban J connectivity index is 1.81. The third kappa shape index (κ3) is 2.34. The van der Waals surface area contributed by atoms with Gasteiger partial charge >= 0.3 is 5.97 Å². The molecule has 6 heteroatoms. The van der Waals surface area contributed by atoms with Crippen LogP contribution in [0.4, 0.5) is 0 Å². The average molecular weight is 212 g/mol. The van der Waals surface area contributed by atoms with E-state index in [-0.39, 0.29) is 11.8 Å².